The molecule has 0 spiro atoms. The summed E-state index contributed by atoms with van der Waals surface area (Å²) in [5, 5.41) is 12.7. The standard InChI is InChI=1S/C16H19NO3.CH4/c1-9(18)13-7-10-6-11-12(8-14(10)20-13)16(4,5)17(19)15(11,2)3;/h6-8,19H,1-5H3;1H4. The van der Waals surface area contributed by atoms with Gasteiger partial charge in [0.15, 0.2) is 11.5 Å². The van der Waals surface area contributed by atoms with Crippen molar-refractivity contribution in [2.75, 3.05) is 0 Å². The fraction of sp³-hybridized carbons (Fsp3) is 0.471. The van der Waals surface area contributed by atoms with Crippen LogP contribution in [-0.2, 0) is 11.1 Å². The van der Waals surface area contributed by atoms with Crippen LogP contribution in [0.1, 0.15) is 63.7 Å². The molecule has 0 aliphatic carbocycles. The van der Waals surface area contributed by atoms with Crippen molar-refractivity contribution in [2.45, 2.75) is 53.1 Å². The molecule has 1 N–H and O–H groups in total. The topological polar surface area (TPSA) is 53.7 Å². The first kappa shape index (κ1) is 15.7. The SMILES string of the molecule is C.CC(=O)c1cc2cc3c(cc2o1)C(C)(C)N(O)C3(C)C. The number of hydroxylamine groups is 2. The first-order chi connectivity index (χ1) is 9.15. The summed E-state index contributed by atoms with van der Waals surface area (Å²) in [4.78, 5) is 11.4. The molecule has 2 aromatic rings. The molecule has 1 aliphatic rings. The minimum Gasteiger partial charge on any atom is -0.453 e. The molecule has 4 heteroatoms. The lowest BCUT2D eigenvalue weighted by Gasteiger charge is -2.34. The first-order valence-electron chi connectivity index (χ1n) is 6.74. The van der Waals surface area contributed by atoms with Crippen LogP contribution in [0.3, 0.4) is 0 Å². The van der Waals surface area contributed by atoms with E-state index in [9.17, 15) is 10.0 Å². The molecule has 21 heavy (non-hydrogen) atoms. The van der Waals surface area contributed by atoms with Crippen molar-refractivity contribution in [3.8, 4) is 0 Å². The summed E-state index contributed by atoms with van der Waals surface area (Å²) in [6.45, 7) is 9.41. The lowest BCUT2D eigenvalue weighted by molar-refractivity contribution is -0.216. The van der Waals surface area contributed by atoms with E-state index in [2.05, 4.69) is 0 Å². The van der Waals surface area contributed by atoms with Crippen molar-refractivity contribution in [1.29, 1.82) is 0 Å². The number of carbonyl (C=O) groups is 1. The largest absolute Gasteiger partial charge is 0.453 e. The minimum absolute atomic E-state index is 0. The summed E-state index contributed by atoms with van der Waals surface area (Å²) in [6.07, 6.45) is 0. The Morgan fingerprint density at radius 1 is 1.10 bits per heavy atom. The van der Waals surface area contributed by atoms with Crippen LogP contribution in [0.4, 0.5) is 0 Å². The molecule has 0 radical (unpaired) electrons. The van der Waals surface area contributed by atoms with E-state index in [0.29, 0.717) is 11.3 Å². The monoisotopic (exact) mass is 289 g/mol. The predicted octanol–water partition coefficient (Wildman–Crippen LogP) is 4.45. The molecule has 114 valence electrons. The lowest BCUT2D eigenvalue weighted by Crippen LogP contribution is -2.42. The molecule has 0 saturated carbocycles. The van der Waals surface area contributed by atoms with E-state index in [-0.39, 0.29) is 13.2 Å². The Labute approximate surface area is 125 Å². The third-order valence-corrected chi connectivity index (χ3v) is 4.38. The lowest BCUT2D eigenvalue weighted by atomic mass is 9.90. The third-order valence-electron chi connectivity index (χ3n) is 4.38. The second-order valence-electron chi connectivity index (χ2n) is 6.53. The molecule has 0 bridgehead atoms. The first-order valence-corrected chi connectivity index (χ1v) is 6.74. The van der Waals surface area contributed by atoms with Gasteiger partial charge in [-0.05, 0) is 57.0 Å². The smallest absolute Gasteiger partial charge is 0.194 e. The van der Waals surface area contributed by atoms with Crippen molar-refractivity contribution in [3.05, 3.63) is 35.1 Å². The van der Waals surface area contributed by atoms with Gasteiger partial charge in [-0.15, -0.1) is 0 Å². The second-order valence-corrected chi connectivity index (χ2v) is 6.53. The van der Waals surface area contributed by atoms with Crippen LogP contribution < -0.4 is 0 Å². The number of fused-ring (bicyclic) bond motifs is 2. The number of carbonyl (C=O) groups excluding carboxylic acids is 1. The van der Waals surface area contributed by atoms with Crippen molar-refractivity contribution in [1.82, 2.24) is 5.06 Å². The average molecular weight is 289 g/mol. The molecule has 1 aliphatic heterocycles. The molecule has 1 aromatic heterocycles. The van der Waals surface area contributed by atoms with Gasteiger partial charge in [-0.25, -0.2) is 0 Å². The number of furan rings is 1. The van der Waals surface area contributed by atoms with Gasteiger partial charge in [-0.2, -0.15) is 5.06 Å². The average Bonchev–Trinajstić information content (AvgIpc) is 2.83. The van der Waals surface area contributed by atoms with E-state index in [4.69, 9.17) is 4.42 Å². The Hall–Kier alpha value is -1.65. The number of ketones is 1. The Bertz CT molecular complexity index is 672. The summed E-state index contributed by atoms with van der Waals surface area (Å²) >= 11 is 0. The van der Waals surface area contributed by atoms with Gasteiger partial charge in [0, 0.05) is 12.3 Å². The van der Waals surface area contributed by atoms with Gasteiger partial charge in [0.1, 0.15) is 5.58 Å². The van der Waals surface area contributed by atoms with E-state index < -0.39 is 11.1 Å². The summed E-state index contributed by atoms with van der Waals surface area (Å²) in [6, 6.07) is 5.72. The highest BCUT2D eigenvalue weighted by Crippen LogP contribution is 2.49. The Morgan fingerprint density at radius 2 is 1.62 bits per heavy atom. The Balaban J connectivity index is 0.00000161. The number of hydrogen-bond acceptors (Lipinski definition) is 4. The van der Waals surface area contributed by atoms with Crippen molar-refractivity contribution >= 4 is 16.8 Å². The van der Waals surface area contributed by atoms with Crippen molar-refractivity contribution < 1.29 is 14.4 Å². The Kier molecular flexibility index (Phi) is 3.31. The zero-order chi connectivity index (χ0) is 14.9. The Morgan fingerprint density at radius 3 is 2.14 bits per heavy atom. The van der Waals surface area contributed by atoms with Gasteiger partial charge in [-0.3, -0.25) is 4.79 Å². The molecule has 2 heterocycles. The molecule has 3 rings (SSSR count). The van der Waals surface area contributed by atoms with Crippen LogP contribution in [0.2, 0.25) is 0 Å². The molecule has 0 unspecified atom stereocenters. The summed E-state index contributed by atoms with van der Waals surface area (Å²) in [5.74, 6) is 0.295. The van der Waals surface area contributed by atoms with Crippen LogP contribution in [-0.4, -0.2) is 16.1 Å². The molecular weight excluding hydrogens is 266 g/mol. The summed E-state index contributed by atoms with van der Waals surface area (Å²) in [7, 11) is 0. The van der Waals surface area contributed by atoms with Crippen LogP contribution in [0, 0.1) is 0 Å². The zero-order valence-electron chi connectivity index (χ0n) is 12.4. The maximum atomic E-state index is 11.4. The van der Waals surface area contributed by atoms with E-state index in [1.165, 1.54) is 12.0 Å². The summed E-state index contributed by atoms with van der Waals surface area (Å²) < 4.78 is 5.60. The minimum atomic E-state index is -0.490. The molecule has 1 aromatic carbocycles. The molecular formula is C17H23NO3. The van der Waals surface area contributed by atoms with Gasteiger partial charge in [0.05, 0.1) is 11.1 Å². The highest BCUT2D eigenvalue weighted by molar-refractivity contribution is 5.96. The van der Waals surface area contributed by atoms with Crippen molar-refractivity contribution in [2.24, 2.45) is 0 Å². The number of benzene rings is 1. The predicted molar refractivity (Wildman–Crippen MR) is 82.6 cm³/mol. The van der Waals surface area contributed by atoms with E-state index in [0.717, 1.165) is 16.5 Å². The number of rotatable bonds is 1. The maximum absolute atomic E-state index is 11.4. The van der Waals surface area contributed by atoms with E-state index in [1.54, 1.807) is 6.07 Å². The fourth-order valence-corrected chi connectivity index (χ4v) is 3.20. The zero-order valence-corrected chi connectivity index (χ0v) is 12.4. The van der Waals surface area contributed by atoms with E-state index >= 15 is 0 Å². The van der Waals surface area contributed by atoms with Gasteiger partial charge in [-0.1, -0.05) is 7.43 Å². The number of nitrogens with zero attached hydrogens (tertiary/aromatic N) is 1. The number of Topliss-reactive ketones (excluding diaryl/α,β-unsaturated/α-hetero) is 1. The van der Waals surface area contributed by atoms with Gasteiger partial charge < -0.3 is 9.62 Å². The molecule has 0 saturated heterocycles. The molecule has 4 nitrogen and oxygen atoms in total. The molecule has 0 atom stereocenters. The fourth-order valence-electron chi connectivity index (χ4n) is 3.20. The highest BCUT2D eigenvalue weighted by Gasteiger charge is 2.49. The van der Waals surface area contributed by atoms with E-state index in [1.807, 2.05) is 39.8 Å². The number of hydrogen-bond donors (Lipinski definition) is 1. The highest BCUT2D eigenvalue weighted by atomic mass is 16.5. The maximum Gasteiger partial charge on any atom is 0.194 e. The van der Waals surface area contributed by atoms with Crippen LogP contribution in [0.25, 0.3) is 11.0 Å². The van der Waals surface area contributed by atoms with Gasteiger partial charge >= 0.3 is 0 Å². The van der Waals surface area contributed by atoms with Crippen molar-refractivity contribution in [3.63, 3.8) is 0 Å². The second kappa shape index (κ2) is 4.42. The molecule has 0 fully saturated rings. The van der Waals surface area contributed by atoms with Crippen LogP contribution in [0.15, 0.2) is 22.6 Å². The van der Waals surface area contributed by atoms with Gasteiger partial charge in [0.25, 0.3) is 0 Å². The molecule has 0 amide bonds. The normalized spacial score (nSPS) is 19.3. The van der Waals surface area contributed by atoms with Crippen LogP contribution in [0.5, 0.6) is 0 Å². The van der Waals surface area contributed by atoms with Gasteiger partial charge in [0.2, 0.25) is 0 Å². The van der Waals surface area contributed by atoms with Crippen LogP contribution >= 0.6 is 0 Å². The quantitative estimate of drug-likeness (QED) is 0.788. The third kappa shape index (κ3) is 1.93. The summed E-state index contributed by atoms with van der Waals surface area (Å²) in [5.41, 5.74) is 1.82.